The van der Waals surface area contributed by atoms with Gasteiger partial charge in [0.2, 0.25) is 5.91 Å². The normalized spacial score (nSPS) is 12.3. The minimum atomic E-state index is -1.28. The third-order valence-electron chi connectivity index (χ3n) is 2.87. The predicted octanol–water partition coefficient (Wildman–Crippen LogP) is 0.965. The van der Waals surface area contributed by atoms with Crippen molar-refractivity contribution in [2.24, 2.45) is 0 Å². The van der Waals surface area contributed by atoms with Crippen LogP contribution in [0.1, 0.15) is 0 Å². The van der Waals surface area contributed by atoms with Crippen LogP contribution in [0.2, 0.25) is 0 Å². The van der Waals surface area contributed by atoms with Crippen LogP contribution in [-0.2, 0) is 16.1 Å². The Balaban J connectivity index is 2.14. The lowest BCUT2D eigenvalue weighted by Crippen LogP contribution is -2.44. The molecule has 0 spiro atoms. The number of benzene rings is 1. The van der Waals surface area contributed by atoms with Gasteiger partial charge in [0.25, 0.3) is 0 Å². The molecule has 1 unspecified atom stereocenters. The molecule has 1 amide bonds. The summed E-state index contributed by atoms with van der Waals surface area (Å²) in [5, 5.41) is 20.9. The number of aromatic nitrogens is 1. The van der Waals surface area contributed by atoms with E-state index >= 15 is 0 Å². The van der Waals surface area contributed by atoms with Crippen LogP contribution < -0.4 is 5.32 Å². The fourth-order valence-electron chi connectivity index (χ4n) is 1.88. The molecule has 0 saturated heterocycles. The zero-order chi connectivity index (χ0) is 14.7. The van der Waals surface area contributed by atoms with Crippen LogP contribution in [0.4, 0.5) is 0 Å². The molecule has 0 radical (unpaired) electrons. The zero-order valence-electron chi connectivity index (χ0n) is 10.4. The average molecular weight is 341 g/mol. The number of hydrogen-bond donors (Lipinski definition) is 3. The number of nitrogens with zero attached hydrogens (tertiary/aromatic N) is 1. The molecular weight excluding hydrogens is 328 g/mol. The summed E-state index contributed by atoms with van der Waals surface area (Å²) in [5.74, 6) is -1.73. The number of aliphatic hydroxyl groups excluding tert-OH is 1. The van der Waals surface area contributed by atoms with Crippen LogP contribution >= 0.6 is 15.9 Å². The fraction of sp³-hybridized carbons (Fsp3) is 0.231. The molecule has 2 aromatic rings. The maximum Gasteiger partial charge on any atom is 0.328 e. The van der Waals surface area contributed by atoms with Gasteiger partial charge < -0.3 is 20.1 Å². The molecule has 7 heteroatoms. The number of hydrogen-bond acceptors (Lipinski definition) is 3. The Kier molecular flexibility index (Phi) is 4.41. The molecule has 1 atom stereocenters. The smallest absolute Gasteiger partial charge is 0.328 e. The minimum Gasteiger partial charge on any atom is -0.480 e. The first-order chi connectivity index (χ1) is 9.51. The Morgan fingerprint density at radius 3 is 2.75 bits per heavy atom. The Hall–Kier alpha value is -1.86. The van der Waals surface area contributed by atoms with Gasteiger partial charge in [-0.15, -0.1) is 0 Å². The molecule has 0 aliphatic heterocycles. The molecule has 1 aromatic carbocycles. The summed E-state index contributed by atoms with van der Waals surface area (Å²) < 4.78 is 2.61. The first-order valence-electron chi connectivity index (χ1n) is 5.88. The van der Waals surface area contributed by atoms with E-state index in [9.17, 15) is 9.59 Å². The highest BCUT2D eigenvalue weighted by atomic mass is 79.9. The van der Waals surface area contributed by atoms with E-state index in [-0.39, 0.29) is 6.54 Å². The summed E-state index contributed by atoms with van der Waals surface area (Å²) in [6, 6.07) is 6.29. The topological polar surface area (TPSA) is 91.6 Å². The Bertz CT molecular complexity index is 653. The van der Waals surface area contributed by atoms with Crippen LogP contribution in [0.25, 0.3) is 10.9 Å². The average Bonchev–Trinajstić information content (AvgIpc) is 2.78. The van der Waals surface area contributed by atoms with Crippen molar-refractivity contribution in [2.75, 3.05) is 6.61 Å². The van der Waals surface area contributed by atoms with Gasteiger partial charge >= 0.3 is 5.97 Å². The Labute approximate surface area is 123 Å². The SMILES string of the molecule is O=C(Cn1ccc2ccc(Br)cc21)NC(CO)C(=O)O. The quantitative estimate of drug-likeness (QED) is 0.756. The fourth-order valence-corrected chi connectivity index (χ4v) is 2.22. The zero-order valence-corrected chi connectivity index (χ0v) is 12.0. The van der Waals surface area contributed by atoms with Crippen molar-refractivity contribution in [3.8, 4) is 0 Å². The Morgan fingerprint density at radius 1 is 1.35 bits per heavy atom. The van der Waals surface area contributed by atoms with Crippen LogP contribution in [0.5, 0.6) is 0 Å². The van der Waals surface area contributed by atoms with Gasteiger partial charge in [-0.3, -0.25) is 4.79 Å². The number of amides is 1. The second-order valence-electron chi connectivity index (χ2n) is 4.29. The summed E-state index contributed by atoms with van der Waals surface area (Å²) >= 11 is 3.36. The summed E-state index contributed by atoms with van der Waals surface area (Å²) in [7, 11) is 0. The highest BCUT2D eigenvalue weighted by Crippen LogP contribution is 2.20. The van der Waals surface area contributed by atoms with Crippen LogP contribution in [0.15, 0.2) is 34.9 Å². The van der Waals surface area contributed by atoms with E-state index < -0.39 is 24.5 Å². The molecule has 1 aromatic heterocycles. The van der Waals surface area contributed by atoms with Crippen LogP contribution in [-0.4, -0.2) is 39.3 Å². The lowest BCUT2D eigenvalue weighted by Gasteiger charge is -2.12. The molecule has 0 saturated carbocycles. The minimum absolute atomic E-state index is 0.0102. The van der Waals surface area contributed by atoms with Crippen molar-refractivity contribution in [3.63, 3.8) is 0 Å². The van der Waals surface area contributed by atoms with E-state index in [1.807, 2.05) is 24.3 Å². The lowest BCUT2D eigenvalue weighted by molar-refractivity contribution is -0.143. The van der Waals surface area contributed by atoms with Gasteiger partial charge in [-0.05, 0) is 23.6 Å². The van der Waals surface area contributed by atoms with Crippen molar-refractivity contribution in [3.05, 3.63) is 34.9 Å². The summed E-state index contributed by atoms with van der Waals surface area (Å²) in [6.45, 7) is -0.650. The molecular formula is C13H13BrN2O4. The van der Waals surface area contributed by atoms with E-state index in [4.69, 9.17) is 10.2 Å². The number of nitrogens with one attached hydrogen (secondary N) is 1. The maximum absolute atomic E-state index is 11.8. The highest BCUT2D eigenvalue weighted by molar-refractivity contribution is 9.10. The number of carboxylic acid groups (broad SMARTS) is 1. The summed E-state index contributed by atoms with van der Waals surface area (Å²) in [4.78, 5) is 22.5. The van der Waals surface area contributed by atoms with E-state index in [0.717, 1.165) is 15.4 Å². The van der Waals surface area contributed by atoms with Gasteiger partial charge in [-0.1, -0.05) is 22.0 Å². The first kappa shape index (κ1) is 14.5. The van der Waals surface area contributed by atoms with Crippen molar-refractivity contribution < 1.29 is 19.8 Å². The van der Waals surface area contributed by atoms with Gasteiger partial charge in [-0.2, -0.15) is 0 Å². The molecule has 0 aliphatic carbocycles. The second-order valence-corrected chi connectivity index (χ2v) is 5.20. The van der Waals surface area contributed by atoms with Gasteiger partial charge in [0, 0.05) is 16.2 Å². The summed E-state index contributed by atoms with van der Waals surface area (Å²) in [6.07, 6.45) is 1.76. The van der Waals surface area contributed by atoms with Gasteiger partial charge in [0.05, 0.1) is 6.61 Å². The molecule has 0 fully saturated rings. The molecule has 3 N–H and O–H groups in total. The summed E-state index contributed by atoms with van der Waals surface area (Å²) in [5.41, 5.74) is 0.866. The van der Waals surface area contributed by atoms with Crippen molar-refractivity contribution in [2.45, 2.75) is 12.6 Å². The van der Waals surface area contributed by atoms with Crippen LogP contribution in [0, 0.1) is 0 Å². The molecule has 1 heterocycles. The standard InChI is InChI=1S/C13H13BrN2O4/c14-9-2-1-8-3-4-16(11(8)5-9)6-12(18)15-10(7-17)13(19)20/h1-5,10,17H,6-7H2,(H,15,18)(H,19,20). The molecule has 106 valence electrons. The van der Waals surface area contributed by atoms with E-state index in [1.165, 1.54) is 0 Å². The number of halogens is 1. The van der Waals surface area contributed by atoms with Crippen molar-refractivity contribution in [1.29, 1.82) is 0 Å². The molecule has 0 aliphatic rings. The van der Waals surface area contributed by atoms with Crippen LogP contribution in [0.3, 0.4) is 0 Å². The number of carboxylic acids is 1. The van der Waals surface area contributed by atoms with E-state index in [0.29, 0.717) is 0 Å². The number of rotatable bonds is 5. The van der Waals surface area contributed by atoms with E-state index in [1.54, 1.807) is 10.8 Å². The number of fused-ring (bicyclic) bond motifs is 1. The third-order valence-corrected chi connectivity index (χ3v) is 3.36. The molecule has 6 nitrogen and oxygen atoms in total. The van der Waals surface area contributed by atoms with E-state index in [2.05, 4.69) is 21.2 Å². The van der Waals surface area contributed by atoms with Gasteiger partial charge in [-0.25, -0.2) is 4.79 Å². The number of aliphatic hydroxyl groups is 1. The lowest BCUT2D eigenvalue weighted by atomic mass is 10.2. The van der Waals surface area contributed by atoms with Crippen molar-refractivity contribution in [1.82, 2.24) is 9.88 Å². The molecule has 20 heavy (non-hydrogen) atoms. The highest BCUT2D eigenvalue weighted by Gasteiger charge is 2.18. The number of aliphatic carboxylic acids is 1. The first-order valence-corrected chi connectivity index (χ1v) is 6.68. The second kappa shape index (κ2) is 6.06. The monoisotopic (exact) mass is 340 g/mol. The number of carbonyl (C=O) groups excluding carboxylic acids is 1. The van der Waals surface area contributed by atoms with Gasteiger partial charge in [0.1, 0.15) is 12.6 Å². The third kappa shape index (κ3) is 3.17. The molecule has 0 bridgehead atoms. The number of carbonyl (C=O) groups is 2. The Morgan fingerprint density at radius 2 is 2.10 bits per heavy atom. The van der Waals surface area contributed by atoms with Crippen molar-refractivity contribution >= 4 is 38.7 Å². The van der Waals surface area contributed by atoms with Gasteiger partial charge in [0.15, 0.2) is 0 Å². The maximum atomic E-state index is 11.8. The molecule has 2 rings (SSSR count). The predicted molar refractivity (Wildman–Crippen MR) is 76.3 cm³/mol. The largest absolute Gasteiger partial charge is 0.480 e.